The maximum absolute atomic E-state index is 12.9. The van der Waals surface area contributed by atoms with Crippen LogP contribution < -0.4 is 10.2 Å². The smallest absolute Gasteiger partial charge is 0.271 e. The highest BCUT2D eigenvalue weighted by molar-refractivity contribution is 7.99. The summed E-state index contributed by atoms with van der Waals surface area (Å²) in [4.78, 5) is 23.6. The van der Waals surface area contributed by atoms with E-state index in [-0.39, 0.29) is 11.7 Å². The van der Waals surface area contributed by atoms with E-state index in [1.54, 1.807) is 17.5 Å². The summed E-state index contributed by atoms with van der Waals surface area (Å²) in [5.41, 5.74) is 2.11. The van der Waals surface area contributed by atoms with Gasteiger partial charge >= 0.3 is 0 Å². The Balaban J connectivity index is 1.39. The highest BCUT2D eigenvalue weighted by Gasteiger charge is 2.14. The molecule has 0 saturated carbocycles. The van der Waals surface area contributed by atoms with E-state index in [1.165, 1.54) is 23.5 Å². The molecule has 2 aromatic heterocycles. The van der Waals surface area contributed by atoms with Gasteiger partial charge in [-0.15, -0.1) is 11.3 Å². The molecule has 1 N–H and O–H groups in total. The zero-order chi connectivity index (χ0) is 19.3. The Morgan fingerprint density at radius 2 is 1.93 bits per heavy atom. The van der Waals surface area contributed by atoms with Crippen molar-refractivity contribution >= 4 is 34.8 Å². The number of hydrogen-bond donors (Lipinski definition) is 1. The fourth-order valence-corrected chi connectivity index (χ4v) is 4.57. The number of carbonyl (C=O) groups is 1. The summed E-state index contributed by atoms with van der Waals surface area (Å²) >= 11 is 3.39. The summed E-state index contributed by atoms with van der Waals surface area (Å²) in [5, 5.41) is 5.32. The predicted octanol–water partition coefficient (Wildman–Crippen LogP) is 3.83. The van der Waals surface area contributed by atoms with E-state index in [4.69, 9.17) is 0 Å². The Labute approximate surface area is 171 Å². The van der Waals surface area contributed by atoms with Gasteiger partial charge in [0, 0.05) is 48.3 Å². The normalized spacial score (nSPS) is 14.1. The molecular formula is C20H19FN4OS2. The van der Waals surface area contributed by atoms with Gasteiger partial charge in [-0.3, -0.25) is 4.79 Å². The van der Waals surface area contributed by atoms with Gasteiger partial charge in [0.05, 0.1) is 0 Å². The molecule has 0 aliphatic carbocycles. The fraction of sp³-hybridized carbons (Fsp3) is 0.250. The van der Waals surface area contributed by atoms with Gasteiger partial charge in [-0.05, 0) is 29.8 Å². The van der Waals surface area contributed by atoms with Crippen LogP contribution in [0, 0.1) is 5.82 Å². The minimum absolute atomic E-state index is 0.248. The number of anilines is 1. The average molecular weight is 415 g/mol. The molecule has 1 amide bonds. The van der Waals surface area contributed by atoms with Crippen molar-refractivity contribution in [1.82, 2.24) is 15.3 Å². The second-order valence-corrected chi connectivity index (χ2v) is 8.43. The van der Waals surface area contributed by atoms with E-state index in [1.807, 2.05) is 30.1 Å². The van der Waals surface area contributed by atoms with Crippen LogP contribution in [0.3, 0.4) is 0 Å². The van der Waals surface area contributed by atoms with Crippen LogP contribution in [0.5, 0.6) is 0 Å². The van der Waals surface area contributed by atoms with Gasteiger partial charge in [0.2, 0.25) is 0 Å². The molecule has 1 fully saturated rings. The second kappa shape index (κ2) is 8.70. The number of carbonyl (C=O) groups excluding carboxylic acids is 1. The van der Waals surface area contributed by atoms with E-state index in [2.05, 4.69) is 20.2 Å². The van der Waals surface area contributed by atoms with Gasteiger partial charge in [0.25, 0.3) is 5.91 Å². The van der Waals surface area contributed by atoms with Crippen LogP contribution in [0.2, 0.25) is 0 Å². The lowest BCUT2D eigenvalue weighted by atomic mass is 10.2. The number of amides is 1. The first kappa shape index (κ1) is 18.9. The Kier molecular flexibility index (Phi) is 5.87. The van der Waals surface area contributed by atoms with Gasteiger partial charge in [-0.2, -0.15) is 11.8 Å². The first-order valence-corrected chi connectivity index (χ1v) is 11.0. The van der Waals surface area contributed by atoms with Crippen LogP contribution in [-0.2, 0) is 6.54 Å². The third-order valence-electron chi connectivity index (χ3n) is 4.43. The van der Waals surface area contributed by atoms with Crippen molar-refractivity contribution in [3.05, 3.63) is 65.0 Å². The first-order valence-electron chi connectivity index (χ1n) is 8.96. The summed E-state index contributed by atoms with van der Waals surface area (Å²) in [7, 11) is 0. The Morgan fingerprint density at radius 3 is 2.64 bits per heavy atom. The van der Waals surface area contributed by atoms with E-state index in [0.29, 0.717) is 12.2 Å². The van der Waals surface area contributed by atoms with E-state index in [9.17, 15) is 9.18 Å². The number of halogens is 1. The van der Waals surface area contributed by atoms with Crippen molar-refractivity contribution in [2.45, 2.75) is 6.54 Å². The number of thiazole rings is 1. The lowest BCUT2D eigenvalue weighted by molar-refractivity contribution is 0.0946. The number of hydrogen-bond acceptors (Lipinski definition) is 6. The Morgan fingerprint density at radius 1 is 1.14 bits per heavy atom. The summed E-state index contributed by atoms with van der Waals surface area (Å²) in [6.07, 6.45) is 1.82. The molecule has 3 heterocycles. The molecule has 8 heteroatoms. The van der Waals surface area contributed by atoms with Gasteiger partial charge in [0.1, 0.15) is 22.3 Å². The zero-order valence-corrected chi connectivity index (χ0v) is 16.7. The molecule has 144 valence electrons. The summed E-state index contributed by atoms with van der Waals surface area (Å²) in [5.74, 6) is 2.71. The SMILES string of the molecule is O=C(NCc1ccc(F)cc1)c1csc(-c2ccc(N3CCSCC3)nc2)n1. The maximum Gasteiger partial charge on any atom is 0.271 e. The lowest BCUT2D eigenvalue weighted by Gasteiger charge is -2.27. The molecule has 0 spiro atoms. The number of aromatic nitrogens is 2. The van der Waals surface area contributed by atoms with Crippen molar-refractivity contribution in [1.29, 1.82) is 0 Å². The minimum Gasteiger partial charge on any atom is -0.355 e. The molecule has 0 atom stereocenters. The summed E-state index contributed by atoms with van der Waals surface area (Å²) < 4.78 is 12.9. The molecule has 0 radical (unpaired) electrons. The summed E-state index contributed by atoms with van der Waals surface area (Å²) in [6.45, 7) is 2.37. The molecule has 0 bridgehead atoms. The Hall–Kier alpha value is -2.45. The fourth-order valence-electron chi connectivity index (χ4n) is 2.88. The first-order chi connectivity index (χ1) is 13.7. The molecule has 3 aromatic rings. The van der Waals surface area contributed by atoms with Crippen LogP contribution in [-0.4, -0.2) is 40.5 Å². The highest BCUT2D eigenvalue weighted by Crippen LogP contribution is 2.25. The third-order valence-corrected chi connectivity index (χ3v) is 6.27. The van der Waals surface area contributed by atoms with Crippen LogP contribution in [0.4, 0.5) is 10.2 Å². The Bertz CT molecular complexity index is 938. The summed E-state index contributed by atoms with van der Waals surface area (Å²) in [6, 6.07) is 10.1. The lowest BCUT2D eigenvalue weighted by Crippen LogP contribution is -2.32. The van der Waals surface area contributed by atoms with Crippen LogP contribution in [0.1, 0.15) is 16.1 Å². The largest absolute Gasteiger partial charge is 0.355 e. The van der Waals surface area contributed by atoms with Gasteiger partial charge in [-0.25, -0.2) is 14.4 Å². The molecule has 1 aliphatic heterocycles. The quantitative estimate of drug-likeness (QED) is 0.688. The molecule has 1 aromatic carbocycles. The van der Waals surface area contributed by atoms with Crippen molar-refractivity contribution in [3.8, 4) is 10.6 Å². The average Bonchev–Trinajstić information content (AvgIpc) is 3.24. The number of thioether (sulfide) groups is 1. The molecule has 28 heavy (non-hydrogen) atoms. The second-order valence-electron chi connectivity index (χ2n) is 6.35. The van der Waals surface area contributed by atoms with Crippen molar-refractivity contribution in [2.75, 3.05) is 29.5 Å². The molecule has 4 rings (SSSR count). The van der Waals surface area contributed by atoms with Crippen molar-refractivity contribution in [2.24, 2.45) is 0 Å². The van der Waals surface area contributed by atoms with Crippen molar-refractivity contribution in [3.63, 3.8) is 0 Å². The third kappa shape index (κ3) is 4.51. The van der Waals surface area contributed by atoms with E-state index < -0.39 is 0 Å². The maximum atomic E-state index is 12.9. The van der Waals surface area contributed by atoms with Crippen LogP contribution in [0.15, 0.2) is 48.0 Å². The molecule has 1 aliphatic rings. The zero-order valence-electron chi connectivity index (χ0n) is 15.1. The van der Waals surface area contributed by atoms with E-state index in [0.717, 1.165) is 46.5 Å². The molecule has 5 nitrogen and oxygen atoms in total. The minimum atomic E-state index is -0.293. The van der Waals surface area contributed by atoms with Crippen LogP contribution >= 0.6 is 23.1 Å². The van der Waals surface area contributed by atoms with Gasteiger partial charge in [0.15, 0.2) is 0 Å². The van der Waals surface area contributed by atoms with E-state index >= 15 is 0 Å². The van der Waals surface area contributed by atoms with Gasteiger partial charge in [-0.1, -0.05) is 12.1 Å². The molecule has 1 saturated heterocycles. The number of rotatable bonds is 5. The van der Waals surface area contributed by atoms with Crippen molar-refractivity contribution < 1.29 is 9.18 Å². The number of pyridine rings is 1. The highest BCUT2D eigenvalue weighted by atomic mass is 32.2. The number of nitrogens with one attached hydrogen (secondary N) is 1. The molecule has 0 unspecified atom stereocenters. The molecular weight excluding hydrogens is 395 g/mol. The van der Waals surface area contributed by atoms with Gasteiger partial charge < -0.3 is 10.2 Å². The monoisotopic (exact) mass is 414 g/mol. The van der Waals surface area contributed by atoms with Crippen LogP contribution in [0.25, 0.3) is 10.6 Å². The number of benzene rings is 1. The topological polar surface area (TPSA) is 58.1 Å². The number of nitrogens with zero attached hydrogens (tertiary/aromatic N) is 3. The standard InChI is InChI=1S/C20H19FN4OS2/c21-16-4-1-14(2-5-16)11-23-19(26)17-13-28-20(24-17)15-3-6-18(22-12-15)25-7-9-27-10-8-25/h1-6,12-13H,7-11H2,(H,23,26). The predicted molar refractivity (Wildman–Crippen MR) is 112 cm³/mol.